The van der Waals surface area contributed by atoms with Gasteiger partial charge in [-0.05, 0) is 42.0 Å². The monoisotopic (exact) mass is 525 g/mol. The molecule has 0 atom stereocenters. The van der Waals surface area contributed by atoms with Crippen LogP contribution in [0, 0.1) is 0 Å². The van der Waals surface area contributed by atoms with E-state index in [9.17, 15) is 8.42 Å². The number of hydrogen-bond donors (Lipinski definition) is 1. The van der Waals surface area contributed by atoms with E-state index < -0.39 is 10.0 Å². The number of para-hydroxylation sites is 2. The molecule has 0 fully saturated rings. The van der Waals surface area contributed by atoms with E-state index in [1.165, 1.54) is 22.7 Å². The number of fused-ring (bicyclic) bond motifs is 2. The van der Waals surface area contributed by atoms with E-state index in [1.807, 2.05) is 78.9 Å². The number of rotatable bonds is 6. The van der Waals surface area contributed by atoms with Crippen molar-refractivity contribution in [3.8, 4) is 0 Å². The van der Waals surface area contributed by atoms with Gasteiger partial charge in [-0.1, -0.05) is 72.8 Å². The van der Waals surface area contributed by atoms with Crippen LogP contribution in [0.1, 0.15) is 15.6 Å². The van der Waals surface area contributed by atoms with Crippen molar-refractivity contribution in [2.75, 3.05) is 0 Å². The number of nitrogens with one attached hydrogen (secondary N) is 1. The number of thiazole rings is 2. The summed E-state index contributed by atoms with van der Waals surface area (Å²) < 4.78 is 32.0. The fourth-order valence-electron chi connectivity index (χ4n) is 3.92. The molecule has 0 radical (unpaired) electrons. The average Bonchev–Trinajstić information content (AvgIpc) is 3.53. The van der Waals surface area contributed by atoms with E-state index in [4.69, 9.17) is 9.97 Å². The molecule has 4 aromatic carbocycles. The Morgan fingerprint density at radius 1 is 0.611 bits per heavy atom. The Kier molecular flexibility index (Phi) is 5.85. The summed E-state index contributed by atoms with van der Waals surface area (Å²) in [5, 5.41) is 1.40. The first-order chi connectivity index (χ1) is 17.6. The summed E-state index contributed by atoms with van der Waals surface area (Å²) in [5.41, 5.74) is 3.54. The molecule has 0 bridgehead atoms. The number of aromatic nitrogens is 2. The van der Waals surface area contributed by atoms with Crippen LogP contribution in [-0.2, 0) is 10.0 Å². The molecule has 0 aliphatic heterocycles. The van der Waals surface area contributed by atoms with Gasteiger partial charge in [0.1, 0.15) is 10.0 Å². The Labute approximate surface area is 216 Å². The SMILES string of the molecule is O=S(=O)(NC(=C(c1nc2ccccc2s1)c1nc2ccccc2s1)c1ccccc1)c1ccccc1. The Hall–Kier alpha value is -3.85. The van der Waals surface area contributed by atoms with Crippen LogP contribution in [-0.4, -0.2) is 18.4 Å². The smallest absolute Gasteiger partial charge is 0.261 e. The second-order valence-electron chi connectivity index (χ2n) is 8.01. The number of hydrogen-bond acceptors (Lipinski definition) is 6. The Bertz CT molecular complexity index is 1680. The van der Waals surface area contributed by atoms with Crippen LogP contribution in [0.25, 0.3) is 31.7 Å². The van der Waals surface area contributed by atoms with Crippen LogP contribution in [0.2, 0.25) is 0 Å². The third kappa shape index (κ3) is 4.30. The van der Waals surface area contributed by atoms with Crippen molar-refractivity contribution < 1.29 is 8.42 Å². The van der Waals surface area contributed by atoms with Crippen molar-refractivity contribution in [1.29, 1.82) is 0 Å². The number of sulfonamides is 1. The summed E-state index contributed by atoms with van der Waals surface area (Å²) in [6.45, 7) is 0. The molecule has 6 aromatic rings. The maximum absolute atomic E-state index is 13.5. The average molecular weight is 526 g/mol. The maximum Gasteiger partial charge on any atom is 0.261 e. The van der Waals surface area contributed by atoms with Crippen LogP contribution in [0.3, 0.4) is 0 Å². The van der Waals surface area contributed by atoms with Crippen molar-refractivity contribution in [2.45, 2.75) is 4.90 Å². The van der Waals surface area contributed by atoms with E-state index in [0.29, 0.717) is 21.3 Å². The van der Waals surface area contributed by atoms with Gasteiger partial charge in [0.25, 0.3) is 10.0 Å². The van der Waals surface area contributed by atoms with Crippen molar-refractivity contribution in [3.63, 3.8) is 0 Å². The molecule has 6 rings (SSSR count). The molecule has 0 saturated carbocycles. The highest BCUT2D eigenvalue weighted by Gasteiger charge is 2.25. The van der Waals surface area contributed by atoms with E-state index in [1.54, 1.807) is 30.3 Å². The van der Waals surface area contributed by atoms with Gasteiger partial charge in [0.2, 0.25) is 0 Å². The minimum absolute atomic E-state index is 0.186. The molecule has 0 aliphatic rings. The molecule has 1 N–H and O–H groups in total. The van der Waals surface area contributed by atoms with Crippen LogP contribution in [0.5, 0.6) is 0 Å². The Morgan fingerprint density at radius 2 is 1.08 bits per heavy atom. The van der Waals surface area contributed by atoms with Gasteiger partial charge < -0.3 is 0 Å². The quantitative estimate of drug-likeness (QED) is 0.260. The fourth-order valence-corrected chi connectivity index (χ4v) is 7.14. The van der Waals surface area contributed by atoms with Crippen molar-refractivity contribution >= 4 is 64.4 Å². The first kappa shape index (κ1) is 22.6. The number of benzene rings is 4. The lowest BCUT2D eigenvalue weighted by Gasteiger charge is -2.16. The fraction of sp³-hybridized carbons (Fsp3) is 0. The topological polar surface area (TPSA) is 72.0 Å². The lowest BCUT2D eigenvalue weighted by Crippen LogP contribution is -2.23. The first-order valence-electron chi connectivity index (χ1n) is 11.2. The number of nitrogens with zero attached hydrogens (tertiary/aromatic N) is 2. The zero-order chi connectivity index (χ0) is 24.5. The Morgan fingerprint density at radius 3 is 1.61 bits per heavy atom. The molecule has 0 unspecified atom stereocenters. The van der Waals surface area contributed by atoms with Crippen molar-refractivity contribution in [1.82, 2.24) is 14.7 Å². The molecule has 176 valence electrons. The van der Waals surface area contributed by atoms with Gasteiger partial charge in [-0.15, -0.1) is 22.7 Å². The summed E-state index contributed by atoms with van der Waals surface area (Å²) in [5.74, 6) is 0. The van der Waals surface area contributed by atoms with Crippen molar-refractivity contribution in [3.05, 3.63) is 125 Å². The summed E-state index contributed by atoms with van der Waals surface area (Å²) in [6.07, 6.45) is 0. The van der Waals surface area contributed by atoms with Gasteiger partial charge in [0.05, 0.1) is 36.6 Å². The minimum Gasteiger partial charge on any atom is -0.278 e. The summed E-state index contributed by atoms with van der Waals surface area (Å²) >= 11 is 3.04. The highest BCUT2D eigenvalue weighted by molar-refractivity contribution is 7.89. The van der Waals surface area contributed by atoms with Crippen LogP contribution >= 0.6 is 22.7 Å². The molecule has 2 aromatic heterocycles. The standard InChI is InChI=1S/C28H19N3O2S3/c32-36(33,20-13-5-2-6-14-20)31-26(19-11-3-1-4-12-19)25(27-29-21-15-7-9-17-23(21)34-27)28-30-22-16-8-10-18-24(22)35-28/h1-18,31H. The van der Waals surface area contributed by atoms with E-state index >= 15 is 0 Å². The highest BCUT2D eigenvalue weighted by atomic mass is 32.2. The van der Waals surface area contributed by atoms with Gasteiger partial charge in [-0.3, -0.25) is 4.72 Å². The van der Waals surface area contributed by atoms with Crippen molar-refractivity contribution in [2.24, 2.45) is 0 Å². The second kappa shape index (κ2) is 9.31. The molecule has 5 nitrogen and oxygen atoms in total. The van der Waals surface area contributed by atoms with Gasteiger partial charge in [0, 0.05) is 0 Å². The molecule has 2 heterocycles. The largest absolute Gasteiger partial charge is 0.278 e. The molecular weight excluding hydrogens is 507 g/mol. The van der Waals surface area contributed by atoms with Crippen LogP contribution in [0.4, 0.5) is 0 Å². The lowest BCUT2D eigenvalue weighted by atomic mass is 10.1. The van der Waals surface area contributed by atoms with E-state index in [-0.39, 0.29) is 4.90 Å². The first-order valence-corrected chi connectivity index (χ1v) is 14.3. The highest BCUT2D eigenvalue weighted by Crippen LogP contribution is 2.39. The maximum atomic E-state index is 13.5. The predicted octanol–water partition coefficient (Wildman–Crippen LogP) is 6.80. The van der Waals surface area contributed by atoms with Gasteiger partial charge in [-0.2, -0.15) is 0 Å². The zero-order valence-corrected chi connectivity index (χ0v) is 21.3. The van der Waals surface area contributed by atoms with E-state index in [0.717, 1.165) is 26.0 Å². The third-order valence-electron chi connectivity index (χ3n) is 5.62. The molecule has 0 amide bonds. The zero-order valence-electron chi connectivity index (χ0n) is 18.8. The van der Waals surface area contributed by atoms with Gasteiger partial charge in [-0.25, -0.2) is 18.4 Å². The lowest BCUT2D eigenvalue weighted by molar-refractivity contribution is 0.591. The minimum atomic E-state index is -3.88. The van der Waals surface area contributed by atoms with Gasteiger partial charge >= 0.3 is 0 Å². The summed E-state index contributed by atoms with van der Waals surface area (Å²) in [7, 11) is -3.88. The van der Waals surface area contributed by atoms with Crippen LogP contribution < -0.4 is 4.72 Å². The molecule has 0 spiro atoms. The molecule has 8 heteroatoms. The third-order valence-corrected chi connectivity index (χ3v) is 9.09. The molecule has 0 aliphatic carbocycles. The summed E-state index contributed by atoms with van der Waals surface area (Å²) in [4.78, 5) is 9.99. The molecule has 0 saturated heterocycles. The Balaban J connectivity index is 1.66. The normalized spacial score (nSPS) is 11.6. The molecular formula is C28H19N3O2S3. The summed E-state index contributed by atoms with van der Waals surface area (Å²) in [6, 6.07) is 33.6. The van der Waals surface area contributed by atoms with Crippen LogP contribution in [0.15, 0.2) is 114 Å². The van der Waals surface area contributed by atoms with E-state index in [2.05, 4.69) is 4.72 Å². The molecule has 36 heavy (non-hydrogen) atoms. The van der Waals surface area contributed by atoms with Gasteiger partial charge in [0.15, 0.2) is 0 Å². The second-order valence-corrected chi connectivity index (χ2v) is 11.8. The predicted molar refractivity (Wildman–Crippen MR) is 148 cm³/mol.